The maximum atomic E-state index is 12.2. The Morgan fingerprint density at radius 1 is 1.62 bits per heavy atom. The minimum Gasteiger partial charge on any atom is -0.382 e. The van der Waals surface area contributed by atoms with E-state index < -0.39 is 0 Å². The molecule has 0 spiro atoms. The minimum absolute atomic E-state index is 0.133. The first-order chi connectivity index (χ1) is 10.1. The van der Waals surface area contributed by atoms with Crippen molar-refractivity contribution in [2.75, 3.05) is 44.0 Å². The molecule has 0 aliphatic carbocycles. The first-order valence-corrected chi connectivity index (χ1v) is 8.26. The van der Waals surface area contributed by atoms with Crippen molar-refractivity contribution in [1.82, 2.24) is 10.3 Å². The van der Waals surface area contributed by atoms with Crippen LogP contribution in [0, 0.1) is 5.92 Å². The van der Waals surface area contributed by atoms with Crippen molar-refractivity contribution in [2.45, 2.75) is 26.2 Å². The summed E-state index contributed by atoms with van der Waals surface area (Å²) >= 11 is 1.35. The molecule has 0 bridgehead atoms. The van der Waals surface area contributed by atoms with Gasteiger partial charge in [-0.15, -0.1) is 0 Å². The first kappa shape index (κ1) is 16.0. The van der Waals surface area contributed by atoms with E-state index in [0.717, 1.165) is 44.2 Å². The van der Waals surface area contributed by atoms with Gasteiger partial charge in [0.1, 0.15) is 10.7 Å². The Morgan fingerprint density at radius 3 is 3.10 bits per heavy atom. The number of aromatic nitrogens is 1. The van der Waals surface area contributed by atoms with Crippen LogP contribution in [0.2, 0.25) is 0 Å². The Morgan fingerprint density at radius 2 is 2.43 bits per heavy atom. The van der Waals surface area contributed by atoms with Gasteiger partial charge in [0, 0.05) is 26.7 Å². The summed E-state index contributed by atoms with van der Waals surface area (Å²) in [5, 5.41) is 3.74. The molecule has 21 heavy (non-hydrogen) atoms. The van der Waals surface area contributed by atoms with Crippen molar-refractivity contribution in [3.8, 4) is 0 Å². The van der Waals surface area contributed by atoms with Gasteiger partial charge in [-0.05, 0) is 25.2 Å². The van der Waals surface area contributed by atoms with Crippen molar-refractivity contribution in [3.63, 3.8) is 0 Å². The third-order valence-corrected chi connectivity index (χ3v) is 4.72. The number of carbonyl (C=O) groups is 1. The Labute approximate surface area is 129 Å². The molecule has 1 aromatic rings. The van der Waals surface area contributed by atoms with Gasteiger partial charge in [0.25, 0.3) is 5.91 Å². The van der Waals surface area contributed by atoms with Crippen LogP contribution in [-0.2, 0) is 4.74 Å². The van der Waals surface area contributed by atoms with Crippen molar-refractivity contribution in [2.24, 2.45) is 5.92 Å². The number of hydrogen-bond acceptors (Lipinski definition) is 6. The predicted molar refractivity (Wildman–Crippen MR) is 86.0 cm³/mol. The fraction of sp³-hybridized carbons (Fsp3) is 0.714. The largest absolute Gasteiger partial charge is 0.382 e. The van der Waals surface area contributed by atoms with Crippen LogP contribution in [0.4, 0.5) is 10.9 Å². The van der Waals surface area contributed by atoms with E-state index in [1.807, 2.05) is 11.9 Å². The van der Waals surface area contributed by atoms with Crippen molar-refractivity contribution >= 4 is 28.2 Å². The average molecular weight is 312 g/mol. The van der Waals surface area contributed by atoms with Crippen LogP contribution in [0.3, 0.4) is 0 Å². The minimum atomic E-state index is -0.133. The zero-order valence-electron chi connectivity index (χ0n) is 12.7. The highest BCUT2D eigenvalue weighted by atomic mass is 32.1. The van der Waals surface area contributed by atoms with E-state index in [-0.39, 0.29) is 5.91 Å². The molecule has 1 aromatic heterocycles. The lowest BCUT2D eigenvalue weighted by atomic mass is 10.0. The van der Waals surface area contributed by atoms with Gasteiger partial charge in [0.05, 0.1) is 6.61 Å². The summed E-state index contributed by atoms with van der Waals surface area (Å²) in [5.41, 5.74) is 5.87. The van der Waals surface area contributed by atoms with E-state index >= 15 is 0 Å². The average Bonchev–Trinajstić information content (AvgIpc) is 2.88. The van der Waals surface area contributed by atoms with Gasteiger partial charge < -0.3 is 20.7 Å². The summed E-state index contributed by atoms with van der Waals surface area (Å²) in [6.45, 7) is 5.19. The van der Waals surface area contributed by atoms with Crippen LogP contribution in [0.1, 0.15) is 35.9 Å². The van der Waals surface area contributed by atoms with Crippen LogP contribution >= 0.6 is 11.3 Å². The highest BCUT2D eigenvalue weighted by molar-refractivity contribution is 7.18. The second-order valence-electron chi connectivity index (χ2n) is 5.43. The normalized spacial score (nSPS) is 18.5. The van der Waals surface area contributed by atoms with E-state index in [9.17, 15) is 4.79 Å². The number of amides is 1. The van der Waals surface area contributed by atoms with Crippen LogP contribution in [0.5, 0.6) is 0 Å². The second-order valence-corrected chi connectivity index (χ2v) is 6.40. The van der Waals surface area contributed by atoms with E-state index in [4.69, 9.17) is 10.5 Å². The highest BCUT2D eigenvalue weighted by Gasteiger charge is 2.20. The van der Waals surface area contributed by atoms with Crippen LogP contribution in [-0.4, -0.2) is 44.2 Å². The van der Waals surface area contributed by atoms with Crippen molar-refractivity contribution < 1.29 is 9.53 Å². The van der Waals surface area contributed by atoms with Gasteiger partial charge in [-0.2, -0.15) is 0 Å². The number of nitrogens with zero attached hydrogens (tertiary/aromatic N) is 2. The molecule has 0 saturated carbocycles. The maximum absolute atomic E-state index is 12.2. The Bertz CT molecular complexity index is 472. The van der Waals surface area contributed by atoms with Gasteiger partial charge in [0.2, 0.25) is 0 Å². The standard InChI is InChI=1S/C14H24N4O2S/c1-3-6-18(2)14-17-12(15)11(21-14)13(19)16-8-10-5-4-7-20-9-10/h10H,3-9,15H2,1-2H3,(H,16,19). The molecule has 7 heteroatoms. The van der Waals surface area contributed by atoms with Gasteiger partial charge >= 0.3 is 0 Å². The lowest BCUT2D eigenvalue weighted by Crippen LogP contribution is -2.33. The molecule has 1 unspecified atom stereocenters. The molecule has 1 aliphatic heterocycles. The molecular formula is C14H24N4O2S. The Hall–Kier alpha value is -1.34. The molecule has 3 N–H and O–H groups in total. The number of nitrogens with two attached hydrogens (primary N) is 1. The number of nitrogens with one attached hydrogen (secondary N) is 1. The Kier molecular flexibility index (Phi) is 5.81. The van der Waals surface area contributed by atoms with Gasteiger partial charge in [-0.3, -0.25) is 4.79 Å². The molecule has 0 aromatic carbocycles. The number of carbonyl (C=O) groups excluding carboxylic acids is 1. The quantitative estimate of drug-likeness (QED) is 0.836. The summed E-state index contributed by atoms with van der Waals surface area (Å²) in [5.74, 6) is 0.584. The number of thiazole rings is 1. The van der Waals surface area contributed by atoms with Crippen molar-refractivity contribution in [3.05, 3.63) is 4.88 Å². The molecular weight excluding hydrogens is 288 g/mol. The monoisotopic (exact) mass is 312 g/mol. The summed E-state index contributed by atoms with van der Waals surface area (Å²) in [4.78, 5) is 19.0. The van der Waals surface area contributed by atoms with Gasteiger partial charge in [-0.25, -0.2) is 4.98 Å². The molecule has 6 nitrogen and oxygen atoms in total. The third-order valence-electron chi connectivity index (χ3n) is 3.54. The van der Waals surface area contributed by atoms with Crippen LogP contribution in [0.25, 0.3) is 0 Å². The van der Waals surface area contributed by atoms with E-state index in [2.05, 4.69) is 17.2 Å². The van der Waals surface area contributed by atoms with E-state index in [0.29, 0.717) is 23.2 Å². The molecule has 118 valence electrons. The van der Waals surface area contributed by atoms with E-state index in [1.54, 1.807) is 0 Å². The number of rotatable bonds is 6. The molecule has 1 fully saturated rings. The molecule has 0 radical (unpaired) electrons. The number of nitrogen functional groups attached to an aromatic ring is 1. The molecule has 1 aliphatic rings. The summed E-state index contributed by atoms with van der Waals surface area (Å²) < 4.78 is 5.41. The zero-order valence-corrected chi connectivity index (χ0v) is 13.5. The summed E-state index contributed by atoms with van der Waals surface area (Å²) in [6, 6.07) is 0. The maximum Gasteiger partial charge on any atom is 0.265 e. The lowest BCUT2D eigenvalue weighted by Gasteiger charge is -2.22. The van der Waals surface area contributed by atoms with Crippen LogP contribution in [0.15, 0.2) is 0 Å². The summed E-state index contributed by atoms with van der Waals surface area (Å²) in [7, 11) is 1.96. The van der Waals surface area contributed by atoms with E-state index in [1.165, 1.54) is 11.3 Å². The summed E-state index contributed by atoms with van der Waals surface area (Å²) in [6.07, 6.45) is 3.19. The SMILES string of the molecule is CCCN(C)c1nc(N)c(C(=O)NCC2CCCOC2)s1. The highest BCUT2D eigenvalue weighted by Crippen LogP contribution is 2.27. The fourth-order valence-corrected chi connectivity index (χ4v) is 3.25. The molecule has 2 rings (SSSR count). The van der Waals surface area contributed by atoms with Crippen LogP contribution < -0.4 is 16.0 Å². The Balaban J connectivity index is 1.92. The lowest BCUT2D eigenvalue weighted by molar-refractivity contribution is 0.0537. The first-order valence-electron chi connectivity index (χ1n) is 7.45. The van der Waals surface area contributed by atoms with Gasteiger partial charge in [0.15, 0.2) is 5.13 Å². The molecule has 2 heterocycles. The molecule has 1 saturated heterocycles. The second kappa shape index (κ2) is 7.61. The topological polar surface area (TPSA) is 80.5 Å². The zero-order chi connectivity index (χ0) is 15.2. The fourth-order valence-electron chi connectivity index (χ4n) is 2.36. The number of ether oxygens (including phenoxy) is 1. The number of hydrogen-bond donors (Lipinski definition) is 2. The molecule has 1 atom stereocenters. The predicted octanol–water partition coefficient (Wildman–Crippen LogP) is 1.73. The molecule has 1 amide bonds. The third kappa shape index (κ3) is 4.31. The van der Waals surface area contributed by atoms with Gasteiger partial charge in [-0.1, -0.05) is 18.3 Å². The smallest absolute Gasteiger partial charge is 0.265 e. The number of anilines is 2. The van der Waals surface area contributed by atoms with Crippen molar-refractivity contribution in [1.29, 1.82) is 0 Å².